The third-order valence-electron chi connectivity index (χ3n) is 1.38. The van der Waals surface area contributed by atoms with Crippen LogP contribution in [0.25, 0.3) is 10.4 Å². The summed E-state index contributed by atoms with van der Waals surface area (Å²) in [4.78, 5) is 2.46. The molecular weight excluding hydrogens is 181 g/mol. The van der Waals surface area contributed by atoms with E-state index in [4.69, 9.17) is 17.1 Å². The zero-order valence-corrected chi connectivity index (χ0v) is 7.01. The van der Waals surface area contributed by atoms with Gasteiger partial charge in [-0.15, -0.1) is 0 Å². The standard InChI is InChI=1S/C7H5ClFN3/c1-4-2-6(9)7(11-12-10)3-5(4)8/h2-3H,1H3. The van der Waals surface area contributed by atoms with Gasteiger partial charge in [-0.3, -0.25) is 0 Å². The van der Waals surface area contributed by atoms with Gasteiger partial charge in [0.15, 0.2) is 0 Å². The zero-order valence-electron chi connectivity index (χ0n) is 6.25. The van der Waals surface area contributed by atoms with E-state index < -0.39 is 5.82 Å². The molecule has 62 valence electrons. The van der Waals surface area contributed by atoms with Crippen LogP contribution in [0.4, 0.5) is 10.1 Å². The van der Waals surface area contributed by atoms with Crippen molar-refractivity contribution in [1.29, 1.82) is 0 Å². The number of halogens is 2. The largest absolute Gasteiger partial charge is 0.206 e. The van der Waals surface area contributed by atoms with Crippen LogP contribution in [-0.2, 0) is 0 Å². The lowest BCUT2D eigenvalue weighted by Crippen LogP contribution is -1.79. The summed E-state index contributed by atoms with van der Waals surface area (Å²) < 4.78 is 12.9. The average molecular weight is 186 g/mol. The van der Waals surface area contributed by atoms with Crippen molar-refractivity contribution in [3.05, 3.63) is 39.0 Å². The average Bonchev–Trinajstić information content (AvgIpc) is 2.01. The first kappa shape index (κ1) is 8.84. The van der Waals surface area contributed by atoms with Crippen molar-refractivity contribution in [2.24, 2.45) is 5.11 Å². The molecule has 0 bridgehead atoms. The first-order valence-electron chi connectivity index (χ1n) is 3.16. The summed E-state index contributed by atoms with van der Waals surface area (Å²) in [5.74, 6) is -0.560. The van der Waals surface area contributed by atoms with E-state index >= 15 is 0 Å². The lowest BCUT2D eigenvalue weighted by atomic mass is 10.2. The maximum atomic E-state index is 12.9. The molecule has 0 aromatic heterocycles. The van der Waals surface area contributed by atoms with Gasteiger partial charge in [0.1, 0.15) is 5.82 Å². The molecule has 5 heteroatoms. The monoisotopic (exact) mass is 185 g/mol. The third kappa shape index (κ3) is 1.67. The normalized spacial score (nSPS) is 9.25. The Morgan fingerprint density at radius 1 is 1.58 bits per heavy atom. The van der Waals surface area contributed by atoms with Crippen molar-refractivity contribution in [3.63, 3.8) is 0 Å². The van der Waals surface area contributed by atoms with Gasteiger partial charge in [-0.1, -0.05) is 16.7 Å². The molecule has 0 N–H and O–H groups in total. The van der Waals surface area contributed by atoms with Crippen LogP contribution >= 0.6 is 11.6 Å². The highest BCUT2D eigenvalue weighted by molar-refractivity contribution is 6.31. The van der Waals surface area contributed by atoms with Crippen molar-refractivity contribution in [2.45, 2.75) is 6.92 Å². The smallest absolute Gasteiger partial charge is 0.133 e. The molecule has 0 spiro atoms. The predicted octanol–water partition coefficient (Wildman–Crippen LogP) is 3.73. The molecule has 0 aliphatic heterocycles. The number of rotatable bonds is 1. The maximum absolute atomic E-state index is 12.9. The summed E-state index contributed by atoms with van der Waals surface area (Å²) in [6, 6.07) is 2.53. The second-order valence-corrected chi connectivity index (χ2v) is 2.65. The van der Waals surface area contributed by atoms with Crippen LogP contribution in [0.15, 0.2) is 17.2 Å². The number of aryl methyl sites for hydroxylation is 1. The first-order valence-corrected chi connectivity index (χ1v) is 3.53. The number of benzene rings is 1. The number of hydrogen-bond acceptors (Lipinski definition) is 1. The van der Waals surface area contributed by atoms with Crippen LogP contribution in [0, 0.1) is 12.7 Å². The van der Waals surface area contributed by atoms with Crippen LogP contribution < -0.4 is 0 Å². The van der Waals surface area contributed by atoms with Gasteiger partial charge in [-0.2, -0.15) is 0 Å². The van der Waals surface area contributed by atoms with E-state index in [1.165, 1.54) is 12.1 Å². The van der Waals surface area contributed by atoms with Gasteiger partial charge in [0, 0.05) is 9.93 Å². The molecule has 1 aromatic carbocycles. The van der Waals surface area contributed by atoms with Gasteiger partial charge in [-0.05, 0) is 30.2 Å². The predicted molar refractivity (Wildman–Crippen MR) is 45.0 cm³/mol. The van der Waals surface area contributed by atoms with Crippen molar-refractivity contribution in [1.82, 2.24) is 0 Å². The summed E-state index contributed by atoms with van der Waals surface area (Å²) in [6.45, 7) is 1.67. The second-order valence-electron chi connectivity index (χ2n) is 2.24. The number of azide groups is 1. The molecule has 0 atom stereocenters. The van der Waals surface area contributed by atoms with Crippen molar-refractivity contribution in [3.8, 4) is 0 Å². The van der Waals surface area contributed by atoms with E-state index in [-0.39, 0.29) is 5.69 Å². The highest BCUT2D eigenvalue weighted by Crippen LogP contribution is 2.25. The van der Waals surface area contributed by atoms with Gasteiger partial charge >= 0.3 is 0 Å². The lowest BCUT2D eigenvalue weighted by molar-refractivity contribution is 0.628. The molecule has 0 saturated heterocycles. The fourth-order valence-corrected chi connectivity index (χ4v) is 0.919. The fourth-order valence-electron chi connectivity index (χ4n) is 0.761. The Kier molecular flexibility index (Phi) is 2.53. The number of nitrogens with zero attached hydrogens (tertiary/aromatic N) is 3. The minimum absolute atomic E-state index is 0.0758. The lowest BCUT2D eigenvalue weighted by Gasteiger charge is -1.99. The van der Waals surface area contributed by atoms with E-state index in [1.54, 1.807) is 6.92 Å². The Labute approximate surface area is 73.4 Å². The molecule has 0 heterocycles. The summed E-state index contributed by atoms with van der Waals surface area (Å²) in [6.07, 6.45) is 0. The summed E-state index contributed by atoms with van der Waals surface area (Å²) in [7, 11) is 0. The molecule has 0 fully saturated rings. The molecule has 0 radical (unpaired) electrons. The molecule has 12 heavy (non-hydrogen) atoms. The summed E-state index contributed by atoms with van der Waals surface area (Å²) in [5, 5.41) is 3.52. The Morgan fingerprint density at radius 2 is 2.25 bits per heavy atom. The Hall–Kier alpha value is -1.25. The Bertz CT molecular complexity index is 358. The van der Waals surface area contributed by atoms with Crippen LogP contribution in [0.1, 0.15) is 5.56 Å². The molecule has 0 aliphatic carbocycles. The summed E-state index contributed by atoms with van der Waals surface area (Å²) >= 11 is 5.67. The number of hydrogen-bond donors (Lipinski definition) is 0. The van der Waals surface area contributed by atoms with Gasteiger partial charge in [-0.25, -0.2) is 4.39 Å². The molecule has 3 nitrogen and oxygen atoms in total. The molecule has 0 amide bonds. The quantitative estimate of drug-likeness (QED) is 0.364. The summed E-state index contributed by atoms with van der Waals surface area (Å²) in [5.41, 5.74) is 8.59. The second kappa shape index (κ2) is 3.43. The van der Waals surface area contributed by atoms with Gasteiger partial charge < -0.3 is 0 Å². The van der Waals surface area contributed by atoms with Crippen LogP contribution in [0.3, 0.4) is 0 Å². The van der Waals surface area contributed by atoms with Crippen molar-refractivity contribution in [2.75, 3.05) is 0 Å². The van der Waals surface area contributed by atoms with E-state index in [0.717, 1.165) is 0 Å². The van der Waals surface area contributed by atoms with E-state index in [0.29, 0.717) is 10.6 Å². The van der Waals surface area contributed by atoms with Crippen LogP contribution in [0.5, 0.6) is 0 Å². The molecular formula is C7H5ClFN3. The van der Waals surface area contributed by atoms with Gasteiger partial charge in [0.25, 0.3) is 0 Å². The van der Waals surface area contributed by atoms with E-state index in [2.05, 4.69) is 10.0 Å². The van der Waals surface area contributed by atoms with E-state index in [1.807, 2.05) is 0 Å². The Morgan fingerprint density at radius 3 is 2.83 bits per heavy atom. The van der Waals surface area contributed by atoms with Gasteiger partial charge in [0.05, 0.1) is 5.69 Å². The molecule has 1 aromatic rings. The molecule has 0 aliphatic rings. The zero-order chi connectivity index (χ0) is 9.14. The highest BCUT2D eigenvalue weighted by Gasteiger charge is 2.03. The van der Waals surface area contributed by atoms with Crippen LogP contribution in [-0.4, -0.2) is 0 Å². The third-order valence-corrected chi connectivity index (χ3v) is 1.79. The van der Waals surface area contributed by atoms with Crippen molar-refractivity contribution >= 4 is 17.3 Å². The topological polar surface area (TPSA) is 48.8 Å². The highest BCUT2D eigenvalue weighted by atomic mass is 35.5. The molecule has 1 rings (SSSR count). The SMILES string of the molecule is Cc1cc(F)c(N=[N+]=[N-])cc1Cl. The van der Waals surface area contributed by atoms with Crippen molar-refractivity contribution < 1.29 is 4.39 Å². The fraction of sp³-hybridized carbons (Fsp3) is 0.143. The van der Waals surface area contributed by atoms with E-state index in [9.17, 15) is 4.39 Å². The minimum Gasteiger partial charge on any atom is -0.206 e. The molecule has 0 saturated carbocycles. The minimum atomic E-state index is -0.560. The van der Waals surface area contributed by atoms with Gasteiger partial charge in [0.2, 0.25) is 0 Å². The maximum Gasteiger partial charge on any atom is 0.133 e. The van der Waals surface area contributed by atoms with Crippen LogP contribution in [0.2, 0.25) is 5.02 Å². The molecule has 0 unspecified atom stereocenters. The Balaban J connectivity index is 3.32. The first-order chi connectivity index (χ1) is 5.65.